The average molecular weight is 656 g/mol. The Bertz CT molecular complexity index is 2370. The van der Waals surface area contributed by atoms with Crippen LogP contribution in [0.25, 0.3) is 22.2 Å². The van der Waals surface area contributed by atoms with Crippen LogP contribution in [0.3, 0.4) is 0 Å². The highest BCUT2D eigenvalue weighted by Gasteiger charge is 2.24. The van der Waals surface area contributed by atoms with Crippen LogP contribution in [0.5, 0.6) is 0 Å². The van der Waals surface area contributed by atoms with Gasteiger partial charge >= 0.3 is 0 Å². The van der Waals surface area contributed by atoms with Crippen molar-refractivity contribution >= 4 is 28.5 Å². The summed E-state index contributed by atoms with van der Waals surface area (Å²) in [4.78, 5) is 30.7. The van der Waals surface area contributed by atoms with Crippen LogP contribution in [0.2, 0.25) is 0 Å². The van der Waals surface area contributed by atoms with E-state index in [4.69, 9.17) is 11.4 Å². The van der Waals surface area contributed by atoms with Crippen LogP contribution >= 0.6 is 0 Å². The number of hydrogen-bond donors (Lipinski definition) is 2. The molecule has 0 spiro atoms. The Morgan fingerprint density at radius 2 is 1.74 bits per heavy atom. The number of aromatic nitrogens is 4. The number of nitriles is 2. The molecule has 10 nitrogen and oxygen atoms in total. The Morgan fingerprint density at radius 1 is 0.920 bits per heavy atom. The standard InChI is InChI=1S/C40H33N9O/c1-3-28-7-6-10-33(35(28)23-42)34-21-27(11-13-29(34)22-41)12-15-32-26(2)36-25-45-40(47-38(36)49(39(32)50)30-8-4-5-9-30)46-37-16-14-31(24-44-37)48-19-17-43-18-20-48/h1,6-7,10-11,13-14,16,21,24-25,30,43H,4-5,8-9,17-20H2,2H3,(H,44,45,46,47). The lowest BCUT2D eigenvalue weighted by molar-refractivity contribution is 0.515. The summed E-state index contributed by atoms with van der Waals surface area (Å²) in [5.74, 6) is 9.84. The Hall–Kier alpha value is -6.46. The predicted molar refractivity (Wildman–Crippen MR) is 194 cm³/mol. The summed E-state index contributed by atoms with van der Waals surface area (Å²) in [6.45, 7) is 5.64. The van der Waals surface area contributed by atoms with E-state index in [-0.39, 0.29) is 11.6 Å². The third-order valence-electron chi connectivity index (χ3n) is 9.46. The fourth-order valence-electron chi connectivity index (χ4n) is 6.82. The third kappa shape index (κ3) is 6.13. The van der Waals surface area contributed by atoms with Gasteiger partial charge in [0.25, 0.3) is 5.56 Å². The van der Waals surface area contributed by atoms with Crippen molar-refractivity contribution in [2.75, 3.05) is 36.4 Å². The molecule has 50 heavy (non-hydrogen) atoms. The van der Waals surface area contributed by atoms with Crippen molar-refractivity contribution in [2.24, 2.45) is 0 Å². The summed E-state index contributed by atoms with van der Waals surface area (Å²) in [7, 11) is 0. The van der Waals surface area contributed by atoms with Gasteiger partial charge in [0, 0.05) is 66.1 Å². The number of piperazine rings is 1. The Balaban J connectivity index is 1.27. The van der Waals surface area contributed by atoms with Crippen LogP contribution in [-0.2, 0) is 0 Å². The zero-order chi connectivity index (χ0) is 34.6. The van der Waals surface area contributed by atoms with Crippen LogP contribution in [0.4, 0.5) is 17.5 Å². The van der Waals surface area contributed by atoms with Gasteiger partial charge in [0.1, 0.15) is 17.5 Å². The van der Waals surface area contributed by atoms with Gasteiger partial charge in [-0.25, -0.2) is 9.97 Å². The van der Waals surface area contributed by atoms with Gasteiger partial charge in [-0.2, -0.15) is 15.5 Å². The number of terminal acetylenes is 1. The number of nitrogens with one attached hydrogen (secondary N) is 2. The lowest BCUT2D eigenvalue weighted by Crippen LogP contribution is -2.43. The largest absolute Gasteiger partial charge is 0.368 e. The van der Waals surface area contributed by atoms with E-state index in [1.54, 1.807) is 47.2 Å². The molecule has 5 aromatic rings. The second-order valence-corrected chi connectivity index (χ2v) is 12.4. The topological polar surface area (TPSA) is 136 Å². The van der Waals surface area contributed by atoms with Crippen molar-refractivity contribution in [3.63, 3.8) is 0 Å². The van der Waals surface area contributed by atoms with Crippen LogP contribution in [0.15, 0.2) is 65.7 Å². The Labute approximate surface area is 290 Å². The molecule has 4 heterocycles. The number of nitrogens with zero attached hydrogens (tertiary/aromatic N) is 7. The molecular weight excluding hydrogens is 623 g/mol. The molecule has 0 amide bonds. The summed E-state index contributed by atoms with van der Waals surface area (Å²) >= 11 is 0. The van der Waals surface area contributed by atoms with E-state index in [9.17, 15) is 15.3 Å². The van der Waals surface area contributed by atoms with Crippen LogP contribution < -0.4 is 21.1 Å². The molecule has 2 aliphatic rings. The van der Waals surface area contributed by atoms with Gasteiger partial charge in [-0.1, -0.05) is 42.7 Å². The van der Waals surface area contributed by atoms with E-state index in [1.165, 1.54) is 0 Å². The van der Waals surface area contributed by atoms with Crippen LogP contribution in [0.1, 0.15) is 65.1 Å². The lowest BCUT2D eigenvalue weighted by Gasteiger charge is -2.29. The number of pyridine rings is 2. The minimum absolute atomic E-state index is 0.000287. The van der Waals surface area contributed by atoms with E-state index in [0.29, 0.717) is 61.9 Å². The molecule has 0 unspecified atom stereocenters. The Kier molecular flexibility index (Phi) is 8.96. The van der Waals surface area contributed by atoms with Gasteiger partial charge < -0.3 is 15.5 Å². The number of aryl methyl sites for hydroxylation is 1. The molecule has 1 saturated carbocycles. The van der Waals surface area contributed by atoms with Crippen LogP contribution in [0, 0.1) is 53.8 Å². The minimum Gasteiger partial charge on any atom is -0.368 e. The van der Waals surface area contributed by atoms with Crippen molar-refractivity contribution in [1.29, 1.82) is 10.5 Å². The number of rotatable bonds is 5. The van der Waals surface area contributed by atoms with Gasteiger partial charge in [-0.05, 0) is 61.7 Å². The summed E-state index contributed by atoms with van der Waals surface area (Å²) in [6, 6.07) is 18.7. The normalized spacial score (nSPS) is 14.3. The quantitative estimate of drug-likeness (QED) is 0.234. The highest BCUT2D eigenvalue weighted by Crippen LogP contribution is 2.33. The molecule has 7 rings (SSSR count). The van der Waals surface area contributed by atoms with Gasteiger partial charge in [0.05, 0.1) is 34.6 Å². The zero-order valence-electron chi connectivity index (χ0n) is 27.6. The maximum absolute atomic E-state index is 14.3. The van der Waals surface area contributed by atoms with Gasteiger partial charge in [0.2, 0.25) is 5.95 Å². The SMILES string of the molecule is C#Cc1cccc(-c2cc(C#Cc3c(C)c4cnc(Nc5ccc(N6CCNCC6)cn5)nc4n(C4CCCC4)c3=O)ccc2C#N)c1C#N. The molecule has 2 aromatic carbocycles. The molecule has 1 saturated heterocycles. The summed E-state index contributed by atoms with van der Waals surface area (Å²) < 4.78 is 1.79. The zero-order valence-corrected chi connectivity index (χ0v) is 27.6. The number of fused-ring (bicyclic) bond motifs is 1. The van der Waals surface area contributed by atoms with E-state index in [0.717, 1.165) is 62.9 Å². The first-order chi connectivity index (χ1) is 24.5. The maximum atomic E-state index is 14.3. The molecule has 3 aromatic heterocycles. The van der Waals surface area contributed by atoms with Crippen molar-refractivity contribution in [3.05, 3.63) is 105 Å². The first-order valence-corrected chi connectivity index (χ1v) is 16.7. The first kappa shape index (κ1) is 32.1. The third-order valence-corrected chi connectivity index (χ3v) is 9.46. The molecular formula is C40H33N9O. The fraction of sp³-hybridized carbons (Fsp3) is 0.250. The Morgan fingerprint density at radius 3 is 2.46 bits per heavy atom. The minimum atomic E-state index is -0.195. The average Bonchev–Trinajstić information content (AvgIpc) is 3.69. The highest BCUT2D eigenvalue weighted by molar-refractivity contribution is 5.82. The molecule has 0 atom stereocenters. The second-order valence-electron chi connectivity index (χ2n) is 12.4. The summed E-state index contributed by atoms with van der Waals surface area (Å²) in [5, 5.41) is 27.1. The smallest absolute Gasteiger partial charge is 0.268 e. The summed E-state index contributed by atoms with van der Waals surface area (Å²) in [5.41, 5.74) is 5.36. The van der Waals surface area contributed by atoms with Gasteiger partial charge in [-0.15, -0.1) is 6.42 Å². The van der Waals surface area contributed by atoms with Gasteiger partial charge in [-0.3, -0.25) is 9.36 Å². The number of benzene rings is 2. The van der Waals surface area contributed by atoms with E-state index < -0.39 is 0 Å². The highest BCUT2D eigenvalue weighted by atomic mass is 16.1. The van der Waals surface area contributed by atoms with E-state index in [2.05, 4.69) is 55.4 Å². The van der Waals surface area contributed by atoms with Crippen LogP contribution in [-0.4, -0.2) is 45.7 Å². The molecule has 2 N–H and O–H groups in total. The molecule has 0 radical (unpaired) electrons. The van der Waals surface area contributed by atoms with E-state index in [1.807, 2.05) is 25.3 Å². The lowest BCUT2D eigenvalue weighted by atomic mass is 9.92. The fourth-order valence-corrected chi connectivity index (χ4v) is 6.82. The van der Waals surface area contributed by atoms with Crippen molar-refractivity contribution in [1.82, 2.24) is 24.8 Å². The maximum Gasteiger partial charge on any atom is 0.268 e. The molecule has 1 aliphatic heterocycles. The molecule has 0 bridgehead atoms. The number of anilines is 3. The summed E-state index contributed by atoms with van der Waals surface area (Å²) in [6.07, 6.45) is 13.1. The molecule has 2 fully saturated rings. The number of hydrogen-bond acceptors (Lipinski definition) is 9. The van der Waals surface area contributed by atoms with Gasteiger partial charge in [0.15, 0.2) is 0 Å². The monoisotopic (exact) mass is 655 g/mol. The molecule has 1 aliphatic carbocycles. The van der Waals surface area contributed by atoms with Crippen molar-refractivity contribution in [2.45, 2.75) is 38.6 Å². The predicted octanol–water partition coefficient (Wildman–Crippen LogP) is 5.55. The molecule has 10 heteroatoms. The van der Waals surface area contributed by atoms with E-state index >= 15 is 0 Å². The molecule has 244 valence electrons. The van der Waals surface area contributed by atoms with Crippen molar-refractivity contribution in [3.8, 4) is 47.4 Å². The van der Waals surface area contributed by atoms with Crippen molar-refractivity contribution < 1.29 is 0 Å². The first-order valence-electron chi connectivity index (χ1n) is 16.7. The second kappa shape index (κ2) is 14.0.